The summed E-state index contributed by atoms with van der Waals surface area (Å²) < 4.78 is 4.80. The summed E-state index contributed by atoms with van der Waals surface area (Å²) in [6.07, 6.45) is 11.4. The van der Waals surface area contributed by atoms with Gasteiger partial charge in [0.05, 0.1) is 12.2 Å². The predicted octanol–water partition coefficient (Wildman–Crippen LogP) is -2.40. The number of fused-ring (bicyclic) bond motifs is 1. The predicted molar refractivity (Wildman–Crippen MR) is 66.1 cm³/mol. The third-order valence-electron chi connectivity index (χ3n) is 2.89. The molecule has 0 bridgehead atoms. The number of carbonyl (C=O) groups excluding carboxylic acids is 2. The molecule has 0 amide bonds. The molecule has 0 aromatic rings. The minimum absolute atomic E-state index is 0. The zero-order valence-electron chi connectivity index (χ0n) is 10.6. The zero-order chi connectivity index (χ0) is 13.0. The van der Waals surface area contributed by atoms with E-state index >= 15 is 0 Å². The smallest absolute Gasteiger partial charge is 0.313 e. The van der Waals surface area contributed by atoms with Gasteiger partial charge >= 0.3 is 5.97 Å². The molecule has 19 heavy (non-hydrogen) atoms. The maximum absolute atomic E-state index is 12.1. The molecule has 5 heteroatoms. The van der Waals surface area contributed by atoms with Gasteiger partial charge in [-0.3, -0.25) is 14.9 Å². The van der Waals surface area contributed by atoms with Gasteiger partial charge in [0.25, 0.3) is 0 Å². The van der Waals surface area contributed by atoms with E-state index in [1.807, 2.05) is 35.8 Å². The molecule has 1 aliphatic heterocycles. The molecule has 0 radical (unpaired) electrons. The number of halogens is 1. The first kappa shape index (κ1) is 15.4. The lowest BCUT2D eigenvalue weighted by Gasteiger charge is -2.20. The Labute approximate surface area is 118 Å². The van der Waals surface area contributed by atoms with Gasteiger partial charge in [-0.15, -0.1) is 0 Å². The molecule has 0 fully saturated rings. The lowest BCUT2D eigenvalue weighted by Crippen LogP contribution is -3.00. The molecule has 0 aromatic carbocycles. The van der Waals surface area contributed by atoms with Crippen LogP contribution in [0.25, 0.3) is 0 Å². The largest absolute Gasteiger partial charge is 1.00 e. The summed E-state index contributed by atoms with van der Waals surface area (Å²) in [4.78, 5) is 23.4. The van der Waals surface area contributed by atoms with Gasteiger partial charge in [-0.2, -0.15) is 0 Å². The van der Waals surface area contributed by atoms with Crippen LogP contribution in [0.4, 0.5) is 0 Å². The van der Waals surface area contributed by atoms with Gasteiger partial charge in [0.2, 0.25) is 0 Å². The Kier molecular flexibility index (Phi) is 5.73. The average molecular weight is 282 g/mol. The summed E-state index contributed by atoms with van der Waals surface area (Å²) in [5.74, 6) is -0.656. The van der Waals surface area contributed by atoms with E-state index in [2.05, 4.69) is 0 Å². The van der Waals surface area contributed by atoms with Crippen molar-refractivity contribution in [2.75, 3.05) is 6.61 Å². The third kappa shape index (κ3) is 3.66. The highest BCUT2D eigenvalue weighted by atomic mass is 35.5. The number of Topliss-reactive ketones (excluding diaryl/α,β-unsaturated/α-hetero) is 1. The van der Waals surface area contributed by atoms with Crippen molar-refractivity contribution in [3.8, 4) is 0 Å². The fourth-order valence-corrected chi connectivity index (χ4v) is 2.08. The first-order chi connectivity index (χ1) is 8.72. The van der Waals surface area contributed by atoms with Crippen molar-refractivity contribution < 1.29 is 32.0 Å². The Morgan fingerprint density at radius 3 is 2.84 bits per heavy atom. The monoisotopic (exact) mass is 281 g/mol. The minimum Gasteiger partial charge on any atom is -1.00 e. The molecule has 1 heterocycles. The van der Waals surface area contributed by atoms with Crippen LogP contribution < -0.4 is 17.7 Å². The van der Waals surface area contributed by atoms with E-state index in [4.69, 9.17) is 4.74 Å². The number of ether oxygens (including phenoxy) is 1. The molecule has 0 aromatic heterocycles. The van der Waals surface area contributed by atoms with Crippen molar-refractivity contribution in [3.63, 3.8) is 0 Å². The quantitative estimate of drug-likeness (QED) is 0.462. The molecule has 1 unspecified atom stereocenters. The molecule has 2 aliphatic rings. The number of hydrogen-bond acceptors (Lipinski definition) is 3. The first-order valence-corrected chi connectivity index (χ1v) is 6.01. The lowest BCUT2D eigenvalue weighted by molar-refractivity contribution is -0.517. The van der Waals surface area contributed by atoms with E-state index in [0.717, 1.165) is 5.57 Å². The number of carbonyl (C=O) groups is 2. The number of nitrogens with two attached hydrogens (primary N) is 1. The number of ketones is 1. The normalized spacial score (nSPS) is 19.7. The van der Waals surface area contributed by atoms with Crippen LogP contribution in [0.15, 0.2) is 47.9 Å². The van der Waals surface area contributed by atoms with Gasteiger partial charge in [0.15, 0.2) is 5.78 Å². The molecule has 0 saturated carbocycles. The minimum atomic E-state index is -0.463. The van der Waals surface area contributed by atoms with Gasteiger partial charge < -0.3 is 17.1 Å². The lowest BCUT2D eigenvalue weighted by atomic mass is 9.84. The standard InChI is InChI=1S/C14H15NO3.ClH/c1-2-18-14(17)7-13(16)12-9-15-8-10-5-3-4-6-11(10)12;/h3-6,8-9,11,15H,2,7H2,1H3;1H. The molecule has 1 aliphatic carbocycles. The van der Waals surface area contributed by atoms with Gasteiger partial charge in [-0.1, -0.05) is 24.3 Å². The molecular weight excluding hydrogens is 266 g/mol. The second kappa shape index (κ2) is 7.07. The Balaban J connectivity index is 0.00000180. The molecule has 4 nitrogen and oxygen atoms in total. The van der Waals surface area contributed by atoms with E-state index in [9.17, 15) is 9.59 Å². The Morgan fingerprint density at radius 2 is 2.11 bits per heavy atom. The molecular formula is C14H16ClNO3. The van der Waals surface area contributed by atoms with Crippen molar-refractivity contribution in [2.24, 2.45) is 5.92 Å². The Bertz CT molecular complexity index is 489. The van der Waals surface area contributed by atoms with E-state index in [-0.39, 0.29) is 30.5 Å². The maximum atomic E-state index is 12.1. The molecule has 102 valence electrons. The maximum Gasteiger partial charge on any atom is 0.313 e. The summed E-state index contributed by atoms with van der Waals surface area (Å²) >= 11 is 0. The van der Waals surface area contributed by atoms with Gasteiger partial charge in [0, 0.05) is 11.5 Å². The number of rotatable bonds is 4. The van der Waals surface area contributed by atoms with Gasteiger partial charge in [0.1, 0.15) is 18.8 Å². The van der Waals surface area contributed by atoms with Crippen LogP contribution in [0.5, 0.6) is 0 Å². The number of hydrogen-bond donors (Lipinski definition) is 1. The van der Waals surface area contributed by atoms with Crippen LogP contribution in [-0.2, 0) is 14.3 Å². The summed E-state index contributed by atoms with van der Waals surface area (Å²) in [7, 11) is 0. The van der Waals surface area contributed by atoms with Crippen LogP contribution in [-0.4, -0.2) is 18.4 Å². The average Bonchev–Trinajstić information content (AvgIpc) is 2.38. The van der Waals surface area contributed by atoms with Crippen molar-refractivity contribution in [1.82, 2.24) is 0 Å². The SMILES string of the molecule is CCOC(=O)CC(=O)C1=C[NH2+]C=C2C=CC=CC21.[Cl-]. The summed E-state index contributed by atoms with van der Waals surface area (Å²) in [6, 6.07) is 0. The molecule has 2 N–H and O–H groups in total. The fourth-order valence-electron chi connectivity index (χ4n) is 2.08. The Morgan fingerprint density at radius 1 is 1.32 bits per heavy atom. The van der Waals surface area contributed by atoms with Crippen LogP contribution >= 0.6 is 0 Å². The van der Waals surface area contributed by atoms with Crippen molar-refractivity contribution in [3.05, 3.63) is 47.9 Å². The summed E-state index contributed by atoms with van der Waals surface area (Å²) in [6.45, 7) is 2.03. The molecule has 1 atom stereocenters. The van der Waals surface area contributed by atoms with Gasteiger partial charge in [-0.05, 0) is 6.92 Å². The Hall–Kier alpha value is -1.65. The van der Waals surface area contributed by atoms with E-state index in [0.29, 0.717) is 12.2 Å². The van der Waals surface area contributed by atoms with Crippen LogP contribution in [0.2, 0.25) is 0 Å². The first-order valence-electron chi connectivity index (χ1n) is 6.01. The zero-order valence-corrected chi connectivity index (χ0v) is 11.4. The molecule has 0 spiro atoms. The van der Waals surface area contributed by atoms with Crippen molar-refractivity contribution in [2.45, 2.75) is 13.3 Å². The van der Waals surface area contributed by atoms with Crippen LogP contribution in [0, 0.1) is 5.92 Å². The molecule has 0 saturated heterocycles. The highest BCUT2D eigenvalue weighted by molar-refractivity contribution is 6.06. The van der Waals surface area contributed by atoms with Crippen molar-refractivity contribution >= 4 is 11.8 Å². The summed E-state index contributed by atoms with van der Waals surface area (Å²) in [5, 5.41) is 1.84. The van der Waals surface area contributed by atoms with Crippen LogP contribution in [0.3, 0.4) is 0 Å². The molecule has 2 rings (SSSR count). The fraction of sp³-hybridized carbons (Fsp3) is 0.286. The highest BCUT2D eigenvalue weighted by Crippen LogP contribution is 2.27. The number of quaternary nitrogens is 1. The third-order valence-corrected chi connectivity index (χ3v) is 2.89. The number of esters is 1. The second-order valence-electron chi connectivity index (χ2n) is 4.11. The van der Waals surface area contributed by atoms with E-state index < -0.39 is 5.97 Å². The topological polar surface area (TPSA) is 60.0 Å². The summed E-state index contributed by atoms with van der Waals surface area (Å²) in [5.41, 5.74) is 1.73. The van der Waals surface area contributed by atoms with Crippen molar-refractivity contribution in [1.29, 1.82) is 0 Å². The van der Waals surface area contributed by atoms with E-state index in [1.54, 1.807) is 13.1 Å². The second-order valence-corrected chi connectivity index (χ2v) is 4.11. The van der Waals surface area contributed by atoms with Gasteiger partial charge in [-0.25, -0.2) is 0 Å². The number of allylic oxidation sites excluding steroid dienone is 6. The highest BCUT2D eigenvalue weighted by Gasteiger charge is 2.28. The van der Waals surface area contributed by atoms with Crippen LogP contribution in [0.1, 0.15) is 13.3 Å². The van der Waals surface area contributed by atoms with E-state index in [1.165, 1.54) is 0 Å².